The Hall–Kier alpha value is -1.15. The molecule has 2 heteroatoms. The van der Waals surface area contributed by atoms with Crippen molar-refractivity contribution in [3.63, 3.8) is 0 Å². The molecule has 2 aliphatic rings. The van der Waals surface area contributed by atoms with Crippen molar-refractivity contribution in [2.45, 2.75) is 51.9 Å². The predicted molar refractivity (Wildman–Crippen MR) is 86.7 cm³/mol. The second-order valence-corrected chi connectivity index (χ2v) is 7.31. The van der Waals surface area contributed by atoms with Crippen LogP contribution in [0.4, 0.5) is 0 Å². The first-order valence-corrected chi connectivity index (χ1v) is 8.45. The summed E-state index contributed by atoms with van der Waals surface area (Å²) in [6.45, 7) is 6.36. The molecular weight excluding hydrogens is 258 g/mol. The number of ketones is 1. The van der Waals surface area contributed by atoms with Crippen LogP contribution in [-0.4, -0.2) is 18.9 Å². The van der Waals surface area contributed by atoms with Crippen molar-refractivity contribution in [3.8, 4) is 0 Å². The second-order valence-electron chi connectivity index (χ2n) is 7.31. The van der Waals surface area contributed by atoms with Crippen LogP contribution in [0.3, 0.4) is 0 Å². The number of nitrogens with one attached hydrogen (secondary N) is 1. The van der Waals surface area contributed by atoms with Crippen LogP contribution >= 0.6 is 0 Å². The minimum absolute atomic E-state index is 0.271. The van der Waals surface area contributed by atoms with Crippen molar-refractivity contribution in [1.82, 2.24) is 5.32 Å². The van der Waals surface area contributed by atoms with Crippen LogP contribution in [0.1, 0.15) is 67.8 Å². The first kappa shape index (κ1) is 14.8. The molecule has 1 aromatic rings. The van der Waals surface area contributed by atoms with E-state index in [0.29, 0.717) is 17.6 Å². The average Bonchev–Trinajstić information content (AvgIpc) is 2.46. The largest absolute Gasteiger partial charge is 0.316 e. The zero-order valence-corrected chi connectivity index (χ0v) is 13.3. The lowest BCUT2D eigenvalue weighted by atomic mass is 9.68. The molecule has 3 rings (SSSR count). The van der Waals surface area contributed by atoms with Crippen LogP contribution in [0.15, 0.2) is 24.3 Å². The van der Waals surface area contributed by atoms with E-state index < -0.39 is 0 Å². The maximum Gasteiger partial charge on any atom is 0.169 e. The molecule has 21 heavy (non-hydrogen) atoms. The molecule has 114 valence electrons. The normalized spacial score (nSPS) is 23.6. The number of hydrogen-bond donors (Lipinski definition) is 1. The highest BCUT2D eigenvalue weighted by Crippen LogP contribution is 2.41. The summed E-state index contributed by atoms with van der Waals surface area (Å²) in [5.41, 5.74) is 2.01. The third-order valence-corrected chi connectivity index (χ3v) is 5.65. The van der Waals surface area contributed by atoms with E-state index in [1.807, 2.05) is 12.1 Å². The third-order valence-electron chi connectivity index (χ3n) is 5.65. The van der Waals surface area contributed by atoms with Crippen LogP contribution in [-0.2, 0) is 0 Å². The van der Waals surface area contributed by atoms with E-state index in [-0.39, 0.29) is 5.41 Å². The molecule has 0 amide bonds. The van der Waals surface area contributed by atoms with Crippen molar-refractivity contribution < 1.29 is 4.79 Å². The number of benzene rings is 1. The zero-order chi connectivity index (χ0) is 14.9. The average molecular weight is 285 g/mol. The van der Waals surface area contributed by atoms with Crippen LogP contribution in [0.5, 0.6) is 0 Å². The Balaban J connectivity index is 1.86. The molecule has 1 unspecified atom stereocenters. The molecule has 1 saturated carbocycles. The Kier molecular flexibility index (Phi) is 4.17. The van der Waals surface area contributed by atoms with Gasteiger partial charge in [0.25, 0.3) is 0 Å². The van der Waals surface area contributed by atoms with Crippen molar-refractivity contribution in [3.05, 3.63) is 35.4 Å². The molecule has 1 atom stereocenters. The molecule has 1 saturated heterocycles. The molecule has 0 spiro atoms. The summed E-state index contributed by atoms with van der Waals surface area (Å²) in [6.07, 6.45) is 6.15. The van der Waals surface area contributed by atoms with Gasteiger partial charge in [-0.15, -0.1) is 0 Å². The Morgan fingerprint density at radius 2 is 1.90 bits per heavy atom. The number of Topliss-reactive ketones (excluding diaryl/α,β-unsaturated/α-hetero) is 1. The Labute approximate surface area is 128 Å². The van der Waals surface area contributed by atoms with Gasteiger partial charge in [-0.3, -0.25) is 4.79 Å². The maximum absolute atomic E-state index is 13.2. The van der Waals surface area contributed by atoms with E-state index >= 15 is 0 Å². The van der Waals surface area contributed by atoms with Gasteiger partial charge in [-0.05, 0) is 56.2 Å². The number of carbonyl (C=O) groups excluding carboxylic acids is 1. The molecule has 1 aliphatic carbocycles. The summed E-state index contributed by atoms with van der Waals surface area (Å²) >= 11 is 0. The molecule has 0 radical (unpaired) electrons. The lowest BCUT2D eigenvalue weighted by Gasteiger charge is -2.37. The maximum atomic E-state index is 13.2. The molecule has 1 aliphatic heterocycles. The second kappa shape index (κ2) is 5.92. The van der Waals surface area contributed by atoms with Crippen LogP contribution in [0, 0.1) is 11.3 Å². The van der Waals surface area contributed by atoms with E-state index in [0.717, 1.165) is 25.1 Å². The Morgan fingerprint density at radius 1 is 1.14 bits per heavy atom. The minimum atomic E-state index is -0.271. The smallest absolute Gasteiger partial charge is 0.169 e. The summed E-state index contributed by atoms with van der Waals surface area (Å²) < 4.78 is 0. The zero-order valence-electron chi connectivity index (χ0n) is 13.3. The Morgan fingerprint density at radius 3 is 2.52 bits per heavy atom. The molecule has 1 N–H and O–H groups in total. The number of hydrogen-bond acceptors (Lipinski definition) is 2. The highest BCUT2D eigenvalue weighted by Gasteiger charge is 2.39. The summed E-state index contributed by atoms with van der Waals surface area (Å²) in [7, 11) is 0. The first-order chi connectivity index (χ1) is 10.1. The van der Waals surface area contributed by atoms with Gasteiger partial charge in [0.2, 0.25) is 0 Å². The van der Waals surface area contributed by atoms with Gasteiger partial charge in [0, 0.05) is 11.0 Å². The SMILES string of the molecule is CC(C)(C(=O)c1ccccc1C1CCC1)C1CCCNC1. The number of piperidine rings is 1. The van der Waals surface area contributed by atoms with Crippen molar-refractivity contribution in [2.75, 3.05) is 13.1 Å². The fourth-order valence-corrected chi connectivity index (χ4v) is 3.78. The van der Waals surface area contributed by atoms with E-state index in [1.165, 1.54) is 31.2 Å². The van der Waals surface area contributed by atoms with Crippen molar-refractivity contribution in [1.29, 1.82) is 0 Å². The highest BCUT2D eigenvalue weighted by molar-refractivity contribution is 6.01. The number of carbonyl (C=O) groups is 1. The van der Waals surface area contributed by atoms with Gasteiger partial charge in [0.05, 0.1) is 0 Å². The topological polar surface area (TPSA) is 29.1 Å². The van der Waals surface area contributed by atoms with Crippen LogP contribution < -0.4 is 5.32 Å². The lowest BCUT2D eigenvalue weighted by molar-refractivity contribution is 0.0706. The molecule has 1 heterocycles. The number of rotatable bonds is 4. The molecule has 1 aromatic carbocycles. The van der Waals surface area contributed by atoms with Gasteiger partial charge in [0.1, 0.15) is 0 Å². The fraction of sp³-hybridized carbons (Fsp3) is 0.632. The van der Waals surface area contributed by atoms with E-state index in [9.17, 15) is 4.79 Å². The van der Waals surface area contributed by atoms with E-state index in [4.69, 9.17) is 0 Å². The van der Waals surface area contributed by atoms with E-state index in [2.05, 4.69) is 31.3 Å². The molecule has 0 aromatic heterocycles. The van der Waals surface area contributed by atoms with Crippen molar-refractivity contribution >= 4 is 5.78 Å². The van der Waals surface area contributed by atoms with Gasteiger partial charge >= 0.3 is 0 Å². The molecular formula is C19H27NO. The molecule has 0 bridgehead atoms. The van der Waals surface area contributed by atoms with Gasteiger partial charge in [-0.1, -0.05) is 44.5 Å². The quantitative estimate of drug-likeness (QED) is 0.842. The van der Waals surface area contributed by atoms with Gasteiger partial charge in [-0.25, -0.2) is 0 Å². The lowest BCUT2D eigenvalue weighted by Crippen LogP contribution is -2.43. The summed E-state index contributed by atoms with van der Waals surface area (Å²) in [6, 6.07) is 8.32. The fourth-order valence-electron chi connectivity index (χ4n) is 3.78. The van der Waals surface area contributed by atoms with Gasteiger partial charge < -0.3 is 5.32 Å². The van der Waals surface area contributed by atoms with Gasteiger partial charge in [0.15, 0.2) is 5.78 Å². The third kappa shape index (κ3) is 2.78. The predicted octanol–water partition coefficient (Wildman–Crippen LogP) is 4.16. The summed E-state index contributed by atoms with van der Waals surface area (Å²) in [5, 5.41) is 3.45. The van der Waals surface area contributed by atoms with Crippen LogP contribution in [0.25, 0.3) is 0 Å². The highest BCUT2D eigenvalue weighted by atomic mass is 16.1. The standard InChI is InChI=1S/C19H27NO/c1-19(2,15-9-6-12-20-13-15)18(21)17-11-4-3-10-16(17)14-7-5-8-14/h3-4,10-11,14-15,20H,5-9,12-13H2,1-2H3. The Bertz CT molecular complexity index is 510. The molecule has 2 nitrogen and oxygen atoms in total. The monoisotopic (exact) mass is 285 g/mol. The van der Waals surface area contributed by atoms with Gasteiger partial charge in [-0.2, -0.15) is 0 Å². The summed E-state index contributed by atoms with van der Waals surface area (Å²) in [5.74, 6) is 1.41. The first-order valence-electron chi connectivity index (χ1n) is 8.45. The van der Waals surface area contributed by atoms with E-state index in [1.54, 1.807) is 0 Å². The summed E-state index contributed by atoms with van der Waals surface area (Å²) in [4.78, 5) is 13.2. The minimum Gasteiger partial charge on any atom is -0.316 e. The molecule has 2 fully saturated rings. The van der Waals surface area contributed by atoms with Crippen molar-refractivity contribution in [2.24, 2.45) is 11.3 Å². The van der Waals surface area contributed by atoms with Crippen LogP contribution in [0.2, 0.25) is 0 Å².